The van der Waals surface area contributed by atoms with Crippen LogP contribution in [-0.4, -0.2) is 40.6 Å². The standard InChI is InChI=1S/C9H18N2O3/c1-5-11(6-7(12)13)8(14)10-9(2,3)4/h5-6H2,1-4H3,(H,10,14)(H,12,13). The monoisotopic (exact) mass is 202 g/mol. The van der Waals surface area contributed by atoms with E-state index in [1.165, 1.54) is 4.90 Å². The minimum atomic E-state index is -1.00. The Hall–Kier alpha value is -1.26. The summed E-state index contributed by atoms with van der Waals surface area (Å²) in [6, 6.07) is -0.345. The Kier molecular flexibility index (Phi) is 4.40. The average molecular weight is 202 g/mol. The van der Waals surface area contributed by atoms with Crippen LogP contribution < -0.4 is 5.32 Å². The molecule has 0 heterocycles. The number of aliphatic carboxylic acids is 1. The van der Waals surface area contributed by atoms with Crippen molar-refractivity contribution in [2.24, 2.45) is 0 Å². The number of hydrogen-bond donors (Lipinski definition) is 2. The minimum Gasteiger partial charge on any atom is -0.480 e. The molecular weight excluding hydrogens is 184 g/mol. The number of rotatable bonds is 3. The summed E-state index contributed by atoms with van der Waals surface area (Å²) in [6.45, 7) is 7.40. The summed E-state index contributed by atoms with van der Waals surface area (Å²) in [4.78, 5) is 23.1. The molecule has 0 aliphatic heterocycles. The van der Waals surface area contributed by atoms with Crippen molar-refractivity contribution in [1.82, 2.24) is 10.2 Å². The molecule has 2 amide bonds. The second-order valence-electron chi connectivity index (χ2n) is 4.09. The zero-order valence-corrected chi connectivity index (χ0v) is 9.13. The number of hydrogen-bond acceptors (Lipinski definition) is 2. The lowest BCUT2D eigenvalue weighted by Crippen LogP contribution is -2.49. The van der Waals surface area contributed by atoms with Crippen LogP contribution in [0.3, 0.4) is 0 Å². The van der Waals surface area contributed by atoms with Crippen molar-refractivity contribution in [2.75, 3.05) is 13.1 Å². The van der Waals surface area contributed by atoms with Crippen molar-refractivity contribution in [3.8, 4) is 0 Å². The highest BCUT2D eigenvalue weighted by atomic mass is 16.4. The molecule has 0 rings (SSSR count). The number of amides is 2. The van der Waals surface area contributed by atoms with E-state index in [2.05, 4.69) is 5.32 Å². The highest BCUT2D eigenvalue weighted by molar-refractivity contribution is 5.80. The molecule has 0 unspecified atom stereocenters. The number of carboxylic acid groups (broad SMARTS) is 1. The first-order chi connectivity index (χ1) is 6.26. The van der Waals surface area contributed by atoms with E-state index in [1.54, 1.807) is 6.92 Å². The lowest BCUT2D eigenvalue weighted by Gasteiger charge is -2.26. The highest BCUT2D eigenvalue weighted by Gasteiger charge is 2.19. The van der Waals surface area contributed by atoms with Crippen LogP contribution in [0.15, 0.2) is 0 Å². The first-order valence-electron chi connectivity index (χ1n) is 4.55. The first kappa shape index (κ1) is 12.7. The number of carbonyl (C=O) groups excluding carboxylic acids is 1. The maximum atomic E-state index is 11.5. The van der Waals surface area contributed by atoms with Gasteiger partial charge in [0.05, 0.1) is 0 Å². The zero-order valence-electron chi connectivity index (χ0n) is 9.13. The van der Waals surface area contributed by atoms with Gasteiger partial charge in [-0.05, 0) is 27.7 Å². The van der Waals surface area contributed by atoms with E-state index in [9.17, 15) is 9.59 Å². The second kappa shape index (κ2) is 4.83. The molecule has 0 aromatic carbocycles. The SMILES string of the molecule is CCN(CC(=O)O)C(=O)NC(C)(C)C. The molecule has 82 valence electrons. The maximum Gasteiger partial charge on any atom is 0.323 e. The number of carbonyl (C=O) groups is 2. The van der Waals surface area contributed by atoms with Crippen LogP contribution in [0.1, 0.15) is 27.7 Å². The van der Waals surface area contributed by atoms with Crippen LogP contribution in [0.5, 0.6) is 0 Å². The third-order valence-corrected chi connectivity index (χ3v) is 1.48. The molecule has 0 bridgehead atoms. The van der Waals surface area contributed by atoms with E-state index in [-0.39, 0.29) is 18.1 Å². The van der Waals surface area contributed by atoms with Gasteiger partial charge in [0, 0.05) is 12.1 Å². The summed E-state index contributed by atoms with van der Waals surface area (Å²) in [7, 11) is 0. The van der Waals surface area contributed by atoms with Crippen molar-refractivity contribution < 1.29 is 14.7 Å². The van der Waals surface area contributed by atoms with Crippen LogP contribution in [-0.2, 0) is 4.79 Å². The van der Waals surface area contributed by atoms with Crippen LogP contribution >= 0.6 is 0 Å². The van der Waals surface area contributed by atoms with Crippen molar-refractivity contribution >= 4 is 12.0 Å². The summed E-state index contributed by atoms with van der Waals surface area (Å²) >= 11 is 0. The molecule has 0 saturated heterocycles. The Morgan fingerprint density at radius 3 is 2.14 bits per heavy atom. The van der Waals surface area contributed by atoms with Gasteiger partial charge in [0.15, 0.2) is 0 Å². The zero-order chi connectivity index (χ0) is 11.4. The lowest BCUT2D eigenvalue weighted by molar-refractivity contribution is -0.137. The third-order valence-electron chi connectivity index (χ3n) is 1.48. The highest BCUT2D eigenvalue weighted by Crippen LogP contribution is 2.00. The normalized spacial score (nSPS) is 10.9. The van der Waals surface area contributed by atoms with E-state index in [4.69, 9.17) is 5.11 Å². The van der Waals surface area contributed by atoms with Gasteiger partial charge in [-0.25, -0.2) is 4.79 Å². The van der Waals surface area contributed by atoms with Crippen LogP contribution in [0.4, 0.5) is 4.79 Å². The van der Waals surface area contributed by atoms with Crippen molar-refractivity contribution in [3.05, 3.63) is 0 Å². The molecule has 0 fully saturated rings. The van der Waals surface area contributed by atoms with Gasteiger partial charge in [-0.2, -0.15) is 0 Å². The topological polar surface area (TPSA) is 69.6 Å². The Morgan fingerprint density at radius 1 is 1.36 bits per heavy atom. The molecule has 14 heavy (non-hydrogen) atoms. The molecule has 0 aromatic heterocycles. The van der Waals surface area contributed by atoms with Crippen LogP contribution in [0.25, 0.3) is 0 Å². The molecule has 0 atom stereocenters. The van der Waals surface area contributed by atoms with Gasteiger partial charge in [0.25, 0.3) is 0 Å². The molecule has 2 N–H and O–H groups in total. The minimum absolute atomic E-state index is 0.265. The molecular formula is C9H18N2O3. The largest absolute Gasteiger partial charge is 0.480 e. The van der Waals surface area contributed by atoms with Crippen molar-refractivity contribution in [3.63, 3.8) is 0 Å². The molecule has 5 heteroatoms. The predicted octanol–water partition coefficient (Wildman–Crippen LogP) is 0.901. The fourth-order valence-corrected chi connectivity index (χ4v) is 0.890. The Labute approximate surface area is 84.1 Å². The number of nitrogens with zero attached hydrogens (tertiary/aromatic N) is 1. The van der Waals surface area contributed by atoms with Gasteiger partial charge in [-0.3, -0.25) is 4.79 Å². The summed E-state index contributed by atoms with van der Waals surface area (Å²) in [5.41, 5.74) is -0.344. The fourth-order valence-electron chi connectivity index (χ4n) is 0.890. The van der Waals surface area contributed by atoms with E-state index >= 15 is 0 Å². The maximum absolute atomic E-state index is 11.5. The van der Waals surface area contributed by atoms with Gasteiger partial charge in [0.2, 0.25) is 0 Å². The molecule has 0 aromatic rings. The number of urea groups is 1. The number of nitrogens with one attached hydrogen (secondary N) is 1. The average Bonchev–Trinajstić information content (AvgIpc) is 1.96. The van der Waals surface area contributed by atoms with Crippen molar-refractivity contribution in [2.45, 2.75) is 33.2 Å². The van der Waals surface area contributed by atoms with E-state index in [0.29, 0.717) is 6.54 Å². The molecule has 0 spiro atoms. The smallest absolute Gasteiger partial charge is 0.323 e. The third kappa shape index (κ3) is 5.40. The van der Waals surface area contributed by atoms with E-state index in [0.717, 1.165) is 0 Å². The number of carboxylic acids is 1. The Morgan fingerprint density at radius 2 is 1.86 bits per heavy atom. The summed E-state index contributed by atoms with van der Waals surface area (Å²) in [6.07, 6.45) is 0. The predicted molar refractivity (Wildman–Crippen MR) is 53.2 cm³/mol. The Bertz CT molecular complexity index is 221. The van der Waals surface area contributed by atoms with Gasteiger partial charge < -0.3 is 15.3 Å². The van der Waals surface area contributed by atoms with Crippen LogP contribution in [0, 0.1) is 0 Å². The lowest BCUT2D eigenvalue weighted by atomic mass is 10.1. The van der Waals surface area contributed by atoms with Gasteiger partial charge in [-0.1, -0.05) is 0 Å². The first-order valence-corrected chi connectivity index (χ1v) is 4.55. The molecule has 0 saturated carbocycles. The Balaban J connectivity index is 4.25. The van der Waals surface area contributed by atoms with Crippen LogP contribution in [0.2, 0.25) is 0 Å². The van der Waals surface area contributed by atoms with E-state index < -0.39 is 5.97 Å². The van der Waals surface area contributed by atoms with Gasteiger partial charge >= 0.3 is 12.0 Å². The van der Waals surface area contributed by atoms with Crippen molar-refractivity contribution in [1.29, 1.82) is 0 Å². The summed E-state index contributed by atoms with van der Waals surface area (Å²) < 4.78 is 0. The van der Waals surface area contributed by atoms with Gasteiger partial charge in [-0.15, -0.1) is 0 Å². The van der Waals surface area contributed by atoms with Gasteiger partial charge in [0.1, 0.15) is 6.54 Å². The molecule has 0 radical (unpaired) electrons. The van der Waals surface area contributed by atoms with E-state index in [1.807, 2.05) is 20.8 Å². The summed E-state index contributed by atoms with van der Waals surface area (Å²) in [5.74, 6) is -1.00. The quantitative estimate of drug-likeness (QED) is 0.714. The molecule has 0 aliphatic rings. The fraction of sp³-hybridized carbons (Fsp3) is 0.778. The number of likely N-dealkylation sites (N-methyl/N-ethyl adjacent to an activating group) is 1. The molecule has 5 nitrogen and oxygen atoms in total. The summed E-state index contributed by atoms with van der Waals surface area (Å²) in [5, 5.41) is 11.2. The molecule has 0 aliphatic carbocycles. The second-order valence-corrected chi connectivity index (χ2v) is 4.09.